The predicted molar refractivity (Wildman–Crippen MR) is 79.6 cm³/mol. The number of nitrogens with zero attached hydrogens (tertiary/aromatic N) is 1. The van der Waals surface area contributed by atoms with Crippen LogP contribution in [0.4, 0.5) is 0 Å². The highest BCUT2D eigenvalue weighted by Crippen LogP contribution is 2.36. The number of benzene rings is 1. The minimum Gasteiger partial charge on any atom is -0.461 e. The molecule has 0 atom stereocenters. The molecule has 3 aromatic rings. The lowest BCUT2D eigenvalue weighted by molar-refractivity contribution is 0.0510. The van der Waals surface area contributed by atoms with E-state index in [1.807, 2.05) is 24.3 Å². The Kier molecular flexibility index (Phi) is 3.06. The molecule has 3 rings (SSSR count). The summed E-state index contributed by atoms with van der Waals surface area (Å²) in [6.07, 6.45) is 0. The van der Waals surface area contributed by atoms with Crippen molar-refractivity contribution >= 4 is 43.5 Å². The number of aromatic nitrogens is 1. The molecule has 0 bridgehead atoms. The second-order valence-electron chi connectivity index (χ2n) is 4.42. The van der Waals surface area contributed by atoms with Crippen LogP contribution in [0.25, 0.3) is 20.3 Å². The summed E-state index contributed by atoms with van der Waals surface area (Å²) in [5, 5.41) is 0.984. The molecule has 0 N–H and O–H groups in total. The van der Waals surface area contributed by atoms with Gasteiger partial charge < -0.3 is 4.74 Å². The van der Waals surface area contributed by atoms with E-state index in [1.165, 1.54) is 11.5 Å². The van der Waals surface area contributed by atoms with Gasteiger partial charge in [0.1, 0.15) is 5.69 Å². The fourth-order valence-electron chi connectivity index (χ4n) is 2.37. The Morgan fingerprint density at radius 3 is 2.70 bits per heavy atom. The molecular weight excluding hydrogens is 274 g/mol. The molecule has 4 nitrogen and oxygen atoms in total. The molecule has 20 heavy (non-hydrogen) atoms. The van der Waals surface area contributed by atoms with Crippen molar-refractivity contribution in [3.05, 3.63) is 36.0 Å². The number of carbonyl (C=O) groups excluding carboxylic acids is 2. The van der Waals surface area contributed by atoms with Crippen LogP contribution < -0.4 is 0 Å². The summed E-state index contributed by atoms with van der Waals surface area (Å²) < 4.78 is 8.49. The van der Waals surface area contributed by atoms with Gasteiger partial charge in [-0.1, -0.05) is 18.2 Å². The molecule has 2 heterocycles. The number of rotatable bonds is 2. The SMILES string of the molecule is CCOC(=O)c1cc2sc3ccccc3c2n1C(C)=O. The van der Waals surface area contributed by atoms with Crippen molar-refractivity contribution in [2.45, 2.75) is 13.8 Å². The van der Waals surface area contributed by atoms with Crippen LogP contribution in [0.15, 0.2) is 30.3 Å². The molecule has 0 fully saturated rings. The summed E-state index contributed by atoms with van der Waals surface area (Å²) in [5.74, 6) is -0.651. The van der Waals surface area contributed by atoms with Crippen molar-refractivity contribution in [2.24, 2.45) is 0 Å². The smallest absolute Gasteiger partial charge is 0.355 e. The van der Waals surface area contributed by atoms with E-state index in [0.29, 0.717) is 5.69 Å². The van der Waals surface area contributed by atoms with Gasteiger partial charge in [-0.3, -0.25) is 9.36 Å². The van der Waals surface area contributed by atoms with Gasteiger partial charge in [-0.25, -0.2) is 4.79 Å². The number of hydrogen-bond acceptors (Lipinski definition) is 4. The second-order valence-corrected chi connectivity index (χ2v) is 5.50. The molecular formula is C15H13NO3S. The largest absolute Gasteiger partial charge is 0.461 e. The van der Waals surface area contributed by atoms with Crippen molar-refractivity contribution in [1.82, 2.24) is 4.57 Å². The maximum absolute atomic E-state index is 12.0. The molecule has 102 valence electrons. The number of ether oxygens (including phenoxy) is 1. The van der Waals surface area contributed by atoms with E-state index in [1.54, 1.807) is 24.3 Å². The van der Waals surface area contributed by atoms with Crippen molar-refractivity contribution in [2.75, 3.05) is 6.61 Å². The van der Waals surface area contributed by atoms with E-state index in [-0.39, 0.29) is 12.5 Å². The molecule has 0 amide bonds. The predicted octanol–water partition coefficient (Wildman–Crippen LogP) is 3.69. The molecule has 2 aromatic heterocycles. The van der Waals surface area contributed by atoms with Crippen LogP contribution in [-0.4, -0.2) is 23.1 Å². The minimum absolute atomic E-state index is 0.188. The summed E-state index contributed by atoms with van der Waals surface area (Å²) in [6.45, 7) is 3.49. The lowest BCUT2D eigenvalue weighted by Crippen LogP contribution is -2.16. The first-order chi connectivity index (χ1) is 9.63. The van der Waals surface area contributed by atoms with Crippen LogP contribution in [-0.2, 0) is 4.74 Å². The highest BCUT2D eigenvalue weighted by molar-refractivity contribution is 7.25. The highest BCUT2D eigenvalue weighted by atomic mass is 32.1. The Balaban J connectivity index is 2.35. The highest BCUT2D eigenvalue weighted by Gasteiger charge is 2.22. The molecule has 0 aliphatic carbocycles. The third-order valence-electron chi connectivity index (χ3n) is 3.13. The van der Waals surface area contributed by atoms with Crippen LogP contribution in [0.1, 0.15) is 29.1 Å². The zero-order valence-corrected chi connectivity index (χ0v) is 12.0. The first-order valence-electron chi connectivity index (χ1n) is 6.34. The van der Waals surface area contributed by atoms with Gasteiger partial charge in [-0.2, -0.15) is 0 Å². The number of carbonyl (C=O) groups is 2. The summed E-state index contributed by atoms with van der Waals surface area (Å²) in [5.41, 5.74) is 1.09. The van der Waals surface area contributed by atoms with Gasteiger partial charge in [0.15, 0.2) is 0 Å². The Labute approximate surface area is 119 Å². The lowest BCUT2D eigenvalue weighted by atomic mass is 10.2. The molecule has 0 saturated heterocycles. The Morgan fingerprint density at radius 1 is 1.25 bits per heavy atom. The van der Waals surface area contributed by atoms with Crippen LogP contribution >= 0.6 is 11.3 Å². The quantitative estimate of drug-likeness (QED) is 0.675. The minimum atomic E-state index is -0.463. The van der Waals surface area contributed by atoms with Crippen molar-refractivity contribution in [3.63, 3.8) is 0 Å². The average Bonchev–Trinajstić information content (AvgIpc) is 2.94. The Morgan fingerprint density at radius 2 is 2.00 bits per heavy atom. The number of esters is 1. The molecule has 0 aliphatic rings. The first-order valence-corrected chi connectivity index (χ1v) is 7.16. The maximum atomic E-state index is 12.0. The van der Waals surface area contributed by atoms with Gasteiger partial charge in [-0.15, -0.1) is 11.3 Å². The number of hydrogen-bond donors (Lipinski definition) is 0. The fourth-order valence-corrected chi connectivity index (χ4v) is 3.50. The lowest BCUT2D eigenvalue weighted by Gasteiger charge is -2.05. The third kappa shape index (κ3) is 1.82. The number of thiophene rings is 1. The van der Waals surface area contributed by atoms with Crippen molar-refractivity contribution < 1.29 is 14.3 Å². The monoisotopic (exact) mass is 287 g/mol. The Hall–Kier alpha value is -2.14. The van der Waals surface area contributed by atoms with E-state index in [4.69, 9.17) is 4.74 Å². The summed E-state index contributed by atoms with van der Waals surface area (Å²) in [7, 11) is 0. The molecule has 0 unspecified atom stereocenters. The van der Waals surface area contributed by atoms with Gasteiger partial charge in [0.25, 0.3) is 0 Å². The van der Waals surface area contributed by atoms with Crippen LogP contribution in [0, 0.1) is 0 Å². The molecule has 5 heteroatoms. The van der Waals surface area contributed by atoms with E-state index in [2.05, 4.69) is 0 Å². The molecule has 0 saturated carbocycles. The fraction of sp³-hybridized carbons (Fsp3) is 0.200. The zero-order valence-electron chi connectivity index (χ0n) is 11.2. The summed E-state index contributed by atoms with van der Waals surface area (Å²) >= 11 is 1.57. The van der Waals surface area contributed by atoms with E-state index >= 15 is 0 Å². The first kappa shape index (κ1) is 12.9. The average molecular weight is 287 g/mol. The van der Waals surface area contributed by atoms with Gasteiger partial charge >= 0.3 is 5.97 Å². The van der Waals surface area contributed by atoms with Crippen LogP contribution in [0.2, 0.25) is 0 Å². The number of fused-ring (bicyclic) bond motifs is 3. The van der Waals surface area contributed by atoms with E-state index in [9.17, 15) is 9.59 Å². The topological polar surface area (TPSA) is 48.3 Å². The standard InChI is InChI=1S/C15H13NO3S/c1-3-19-15(18)11-8-13-14(16(11)9(2)17)10-6-4-5-7-12(10)20-13/h4-8H,3H2,1-2H3. The van der Waals surface area contributed by atoms with Crippen LogP contribution in [0.5, 0.6) is 0 Å². The summed E-state index contributed by atoms with van der Waals surface area (Å²) in [4.78, 5) is 23.9. The summed E-state index contributed by atoms with van der Waals surface area (Å²) in [6, 6.07) is 9.59. The van der Waals surface area contributed by atoms with Crippen molar-refractivity contribution in [1.29, 1.82) is 0 Å². The van der Waals surface area contributed by atoms with Crippen LogP contribution in [0.3, 0.4) is 0 Å². The molecule has 1 aromatic carbocycles. The maximum Gasteiger partial charge on any atom is 0.355 e. The van der Waals surface area contributed by atoms with E-state index < -0.39 is 5.97 Å². The van der Waals surface area contributed by atoms with E-state index in [0.717, 1.165) is 20.3 Å². The van der Waals surface area contributed by atoms with Gasteiger partial charge in [0.2, 0.25) is 5.91 Å². The van der Waals surface area contributed by atoms with Crippen molar-refractivity contribution in [3.8, 4) is 0 Å². The molecule has 0 radical (unpaired) electrons. The van der Waals surface area contributed by atoms with Gasteiger partial charge in [-0.05, 0) is 19.1 Å². The second kappa shape index (κ2) is 4.76. The third-order valence-corrected chi connectivity index (χ3v) is 4.23. The molecule has 0 spiro atoms. The van der Waals surface area contributed by atoms with Gasteiger partial charge in [0.05, 0.1) is 16.8 Å². The molecule has 0 aliphatic heterocycles. The Bertz CT molecular complexity index is 828. The normalized spacial score (nSPS) is 11.1. The zero-order chi connectivity index (χ0) is 14.3. The van der Waals surface area contributed by atoms with Gasteiger partial charge in [0, 0.05) is 17.0 Å².